The maximum absolute atomic E-state index is 14.8. The second-order valence-electron chi connectivity index (χ2n) is 9.22. The standard InChI is InChI=1S/C24H21F5N6O4/c25-13-9-16(26)21(30-10-13)35-11-15(22(38)32-19(12-1-2-12)24(27,28)29)18(37)14-3-4-17(31-20(14)35)34-6-5-33(7-8-36)23(34)39/h3-4,9-12,19,36H,1-2,5-8H2,(H,32,38). The second-order valence-corrected chi connectivity index (χ2v) is 9.22. The van der Waals surface area contributed by atoms with Gasteiger partial charge in [-0.25, -0.2) is 23.5 Å². The number of carbonyl (C=O) groups is 2. The highest BCUT2D eigenvalue weighted by Crippen LogP contribution is 2.40. The Morgan fingerprint density at radius 1 is 1.18 bits per heavy atom. The topological polar surface area (TPSA) is 121 Å². The molecule has 0 aromatic carbocycles. The molecule has 0 bridgehead atoms. The van der Waals surface area contributed by atoms with Crippen molar-refractivity contribution in [2.24, 2.45) is 5.92 Å². The Balaban J connectivity index is 1.64. The number of fused-ring (bicyclic) bond motifs is 1. The first kappa shape index (κ1) is 26.5. The van der Waals surface area contributed by atoms with E-state index in [-0.39, 0.29) is 55.9 Å². The van der Waals surface area contributed by atoms with Crippen molar-refractivity contribution in [2.45, 2.75) is 25.1 Å². The van der Waals surface area contributed by atoms with Crippen molar-refractivity contribution < 1.29 is 36.6 Å². The van der Waals surface area contributed by atoms with Gasteiger partial charge in [0.15, 0.2) is 17.3 Å². The van der Waals surface area contributed by atoms with Crippen LogP contribution >= 0.6 is 0 Å². The Bertz CT molecular complexity index is 1520. The summed E-state index contributed by atoms with van der Waals surface area (Å²) in [6, 6.07) is 0.355. The molecule has 1 aliphatic heterocycles. The normalized spacial score (nSPS) is 16.7. The number of aliphatic hydroxyl groups is 1. The Morgan fingerprint density at radius 3 is 2.56 bits per heavy atom. The number of aliphatic hydroxyl groups excluding tert-OH is 1. The van der Waals surface area contributed by atoms with E-state index in [0.717, 1.165) is 10.8 Å². The van der Waals surface area contributed by atoms with Gasteiger partial charge in [0.25, 0.3) is 5.91 Å². The Hall–Kier alpha value is -4.14. The van der Waals surface area contributed by atoms with Crippen molar-refractivity contribution in [3.05, 3.63) is 58.0 Å². The largest absolute Gasteiger partial charge is 0.408 e. The van der Waals surface area contributed by atoms with Crippen LogP contribution in [-0.2, 0) is 0 Å². The average Bonchev–Trinajstić information content (AvgIpc) is 3.65. The van der Waals surface area contributed by atoms with E-state index in [1.54, 1.807) is 0 Å². The highest BCUT2D eigenvalue weighted by atomic mass is 19.4. The monoisotopic (exact) mass is 552 g/mol. The minimum absolute atomic E-state index is 0.0479. The Labute approximate surface area is 216 Å². The molecular weight excluding hydrogens is 531 g/mol. The molecular formula is C24H21F5N6O4. The molecule has 4 heterocycles. The van der Waals surface area contributed by atoms with Crippen LogP contribution < -0.4 is 15.6 Å². The molecule has 3 aromatic heterocycles. The number of hydrogen-bond donors (Lipinski definition) is 2. The fourth-order valence-electron chi connectivity index (χ4n) is 4.49. The lowest BCUT2D eigenvalue weighted by Gasteiger charge is -2.22. The molecule has 1 unspecified atom stereocenters. The lowest BCUT2D eigenvalue weighted by atomic mass is 10.1. The van der Waals surface area contributed by atoms with Crippen LogP contribution in [0.15, 0.2) is 35.4 Å². The van der Waals surface area contributed by atoms with Gasteiger partial charge in [-0.3, -0.25) is 19.1 Å². The van der Waals surface area contributed by atoms with Crippen molar-refractivity contribution in [1.29, 1.82) is 0 Å². The van der Waals surface area contributed by atoms with E-state index >= 15 is 0 Å². The van der Waals surface area contributed by atoms with Gasteiger partial charge in [0.2, 0.25) is 5.43 Å². The van der Waals surface area contributed by atoms with Crippen molar-refractivity contribution >= 4 is 28.8 Å². The predicted octanol–water partition coefficient (Wildman–Crippen LogP) is 2.36. The van der Waals surface area contributed by atoms with Crippen LogP contribution in [0.2, 0.25) is 0 Å². The number of hydrogen-bond acceptors (Lipinski definition) is 6. The van der Waals surface area contributed by atoms with Gasteiger partial charge in [-0.1, -0.05) is 0 Å². The number of β-amino-alcohol motifs (C(OH)–C–C–N with tert-alkyl or cyclic N) is 1. The first-order valence-electron chi connectivity index (χ1n) is 11.9. The molecule has 1 aliphatic carbocycles. The van der Waals surface area contributed by atoms with E-state index in [4.69, 9.17) is 5.11 Å². The van der Waals surface area contributed by atoms with Gasteiger partial charge in [-0.15, -0.1) is 0 Å². The molecule has 15 heteroatoms. The van der Waals surface area contributed by atoms with Crippen LogP contribution in [0.3, 0.4) is 0 Å². The summed E-state index contributed by atoms with van der Waals surface area (Å²) >= 11 is 0. The van der Waals surface area contributed by atoms with E-state index < -0.39 is 58.5 Å². The SMILES string of the molecule is O=C(NC(C1CC1)C(F)(F)F)c1cn(-c2ncc(F)cc2F)c2nc(N3CCN(CCO)C3=O)ccc2c1=O. The second kappa shape index (κ2) is 9.87. The Kier molecular flexibility index (Phi) is 6.70. The number of rotatable bonds is 7. The Morgan fingerprint density at radius 2 is 1.92 bits per heavy atom. The summed E-state index contributed by atoms with van der Waals surface area (Å²) < 4.78 is 69.8. The molecule has 2 fully saturated rings. The summed E-state index contributed by atoms with van der Waals surface area (Å²) in [5, 5.41) is 10.8. The highest BCUT2D eigenvalue weighted by molar-refractivity contribution is 5.98. The van der Waals surface area contributed by atoms with E-state index in [0.29, 0.717) is 12.3 Å². The number of carbonyl (C=O) groups excluding carboxylic acids is 2. The summed E-state index contributed by atoms with van der Waals surface area (Å²) in [6.07, 6.45) is -2.76. The molecule has 5 rings (SSSR count). The minimum Gasteiger partial charge on any atom is -0.395 e. The smallest absolute Gasteiger partial charge is 0.395 e. The zero-order chi connectivity index (χ0) is 28.1. The molecule has 2 aliphatic rings. The lowest BCUT2D eigenvalue weighted by Crippen LogP contribution is -2.48. The predicted molar refractivity (Wildman–Crippen MR) is 126 cm³/mol. The summed E-state index contributed by atoms with van der Waals surface area (Å²) in [5.41, 5.74) is -1.98. The number of alkyl halides is 3. The summed E-state index contributed by atoms with van der Waals surface area (Å²) in [6.45, 7) is 0.281. The summed E-state index contributed by atoms with van der Waals surface area (Å²) in [4.78, 5) is 49.5. The minimum atomic E-state index is -4.75. The van der Waals surface area contributed by atoms with Gasteiger partial charge in [0, 0.05) is 31.9 Å². The molecule has 3 amide bonds. The molecule has 39 heavy (non-hydrogen) atoms. The molecule has 1 saturated carbocycles. The maximum atomic E-state index is 14.8. The molecule has 206 valence electrons. The number of pyridine rings is 3. The van der Waals surface area contributed by atoms with Gasteiger partial charge in [-0.05, 0) is 30.9 Å². The van der Waals surface area contributed by atoms with E-state index in [9.17, 15) is 36.3 Å². The fraction of sp³-hybridized carbons (Fsp3) is 0.375. The average molecular weight is 552 g/mol. The van der Waals surface area contributed by atoms with Crippen molar-refractivity contribution in [2.75, 3.05) is 31.1 Å². The van der Waals surface area contributed by atoms with Crippen LogP contribution in [0.5, 0.6) is 0 Å². The number of nitrogens with zero attached hydrogens (tertiary/aromatic N) is 5. The van der Waals surface area contributed by atoms with Crippen molar-refractivity contribution in [1.82, 2.24) is 24.8 Å². The third-order valence-electron chi connectivity index (χ3n) is 6.57. The van der Waals surface area contributed by atoms with E-state index in [1.807, 2.05) is 5.32 Å². The van der Waals surface area contributed by atoms with Crippen molar-refractivity contribution in [3.8, 4) is 5.82 Å². The van der Waals surface area contributed by atoms with Crippen LogP contribution in [0.4, 0.5) is 32.6 Å². The van der Waals surface area contributed by atoms with Crippen molar-refractivity contribution in [3.63, 3.8) is 0 Å². The number of aromatic nitrogens is 3. The molecule has 0 spiro atoms. The van der Waals surface area contributed by atoms with E-state index in [2.05, 4.69) is 9.97 Å². The fourth-order valence-corrected chi connectivity index (χ4v) is 4.49. The zero-order valence-electron chi connectivity index (χ0n) is 20.1. The summed E-state index contributed by atoms with van der Waals surface area (Å²) in [5.74, 6) is -4.89. The van der Waals surface area contributed by atoms with Crippen LogP contribution in [-0.4, -0.2) is 74.9 Å². The molecule has 10 nitrogen and oxygen atoms in total. The zero-order valence-corrected chi connectivity index (χ0v) is 20.1. The third kappa shape index (κ3) is 5.01. The van der Waals surface area contributed by atoms with Gasteiger partial charge in [0.05, 0.1) is 18.2 Å². The number of anilines is 1. The van der Waals surface area contributed by atoms with Gasteiger partial charge in [-0.2, -0.15) is 13.2 Å². The van der Waals surface area contributed by atoms with Crippen LogP contribution in [0, 0.1) is 17.6 Å². The van der Waals surface area contributed by atoms with Gasteiger partial charge < -0.3 is 15.3 Å². The molecule has 0 radical (unpaired) electrons. The number of halogens is 5. The molecule has 3 aromatic rings. The third-order valence-corrected chi connectivity index (χ3v) is 6.57. The first-order chi connectivity index (χ1) is 18.5. The van der Waals surface area contributed by atoms with Gasteiger partial charge >= 0.3 is 12.2 Å². The number of nitrogens with one attached hydrogen (secondary N) is 1. The summed E-state index contributed by atoms with van der Waals surface area (Å²) in [7, 11) is 0. The highest BCUT2D eigenvalue weighted by Gasteiger charge is 2.50. The quantitative estimate of drug-likeness (QED) is 0.435. The van der Waals surface area contributed by atoms with Crippen LogP contribution in [0.25, 0.3) is 16.9 Å². The molecule has 2 N–H and O–H groups in total. The number of urea groups is 1. The number of amides is 3. The van der Waals surface area contributed by atoms with Gasteiger partial charge in [0.1, 0.15) is 23.2 Å². The molecule has 1 saturated heterocycles. The lowest BCUT2D eigenvalue weighted by molar-refractivity contribution is -0.158. The van der Waals surface area contributed by atoms with Crippen LogP contribution in [0.1, 0.15) is 23.2 Å². The molecule has 1 atom stereocenters. The maximum Gasteiger partial charge on any atom is 0.408 e. The first-order valence-corrected chi connectivity index (χ1v) is 11.9. The van der Waals surface area contributed by atoms with E-state index in [1.165, 1.54) is 21.9 Å².